The van der Waals surface area contributed by atoms with Crippen molar-refractivity contribution in [2.75, 3.05) is 13.2 Å². The van der Waals surface area contributed by atoms with Crippen molar-refractivity contribution in [3.8, 4) is 11.5 Å². The maximum atomic E-state index is 6.15. The standard InChI is InChI=1S/C16H25NO2/c1-3-18-15-10-6-12(11-16(15)19-4-2)5-9-14(17)13-7-8-13/h6,10-11,13-14H,3-5,7-9,17H2,1-2H3. The quantitative estimate of drug-likeness (QED) is 0.783. The molecule has 3 heteroatoms. The molecule has 1 aliphatic rings. The van der Waals surface area contributed by atoms with Crippen LogP contribution in [0.25, 0.3) is 0 Å². The Morgan fingerprint density at radius 2 is 1.84 bits per heavy atom. The Labute approximate surface area is 116 Å². The molecule has 1 aromatic rings. The molecule has 0 saturated heterocycles. The number of hydrogen-bond acceptors (Lipinski definition) is 3. The molecular weight excluding hydrogens is 238 g/mol. The van der Waals surface area contributed by atoms with Crippen LogP contribution in [0.3, 0.4) is 0 Å². The van der Waals surface area contributed by atoms with Crippen molar-refractivity contribution in [2.45, 2.75) is 45.6 Å². The summed E-state index contributed by atoms with van der Waals surface area (Å²) in [5.41, 5.74) is 7.43. The minimum absolute atomic E-state index is 0.363. The van der Waals surface area contributed by atoms with Gasteiger partial charge in [0.25, 0.3) is 0 Å². The molecule has 1 unspecified atom stereocenters. The fourth-order valence-corrected chi connectivity index (χ4v) is 2.34. The lowest BCUT2D eigenvalue weighted by molar-refractivity contribution is 0.287. The number of nitrogens with two attached hydrogens (primary N) is 1. The molecule has 0 spiro atoms. The Hall–Kier alpha value is -1.22. The molecule has 0 radical (unpaired) electrons. The Morgan fingerprint density at radius 3 is 2.47 bits per heavy atom. The Balaban J connectivity index is 1.97. The van der Waals surface area contributed by atoms with Gasteiger partial charge in [-0.25, -0.2) is 0 Å². The van der Waals surface area contributed by atoms with Gasteiger partial charge >= 0.3 is 0 Å². The SMILES string of the molecule is CCOc1ccc(CCC(N)C2CC2)cc1OCC. The van der Waals surface area contributed by atoms with Crippen LogP contribution in [0.2, 0.25) is 0 Å². The van der Waals surface area contributed by atoms with Crippen LogP contribution in [0.4, 0.5) is 0 Å². The first-order chi connectivity index (χ1) is 9.24. The summed E-state index contributed by atoms with van der Waals surface area (Å²) in [4.78, 5) is 0. The summed E-state index contributed by atoms with van der Waals surface area (Å²) >= 11 is 0. The van der Waals surface area contributed by atoms with Gasteiger partial charge < -0.3 is 15.2 Å². The zero-order valence-corrected chi connectivity index (χ0v) is 12.0. The van der Waals surface area contributed by atoms with Gasteiger partial charge in [0.2, 0.25) is 0 Å². The average Bonchev–Trinajstić information content (AvgIpc) is 3.23. The molecular formula is C16H25NO2. The van der Waals surface area contributed by atoms with Gasteiger partial charge in [-0.1, -0.05) is 6.07 Å². The molecule has 3 nitrogen and oxygen atoms in total. The van der Waals surface area contributed by atoms with Gasteiger partial charge in [0, 0.05) is 6.04 Å². The van der Waals surface area contributed by atoms with Gasteiger partial charge in [-0.15, -0.1) is 0 Å². The van der Waals surface area contributed by atoms with Crippen LogP contribution in [-0.2, 0) is 6.42 Å². The first-order valence-corrected chi connectivity index (χ1v) is 7.38. The highest BCUT2D eigenvalue weighted by Gasteiger charge is 2.27. The minimum atomic E-state index is 0.363. The molecule has 1 atom stereocenters. The summed E-state index contributed by atoms with van der Waals surface area (Å²) in [7, 11) is 0. The highest BCUT2D eigenvalue weighted by atomic mass is 16.5. The van der Waals surface area contributed by atoms with Gasteiger partial charge in [0.05, 0.1) is 13.2 Å². The molecule has 1 fully saturated rings. The molecule has 106 valence electrons. The molecule has 1 aliphatic carbocycles. The van der Waals surface area contributed by atoms with Crippen LogP contribution in [-0.4, -0.2) is 19.3 Å². The second-order valence-electron chi connectivity index (χ2n) is 5.19. The van der Waals surface area contributed by atoms with Crippen molar-refractivity contribution in [3.05, 3.63) is 23.8 Å². The maximum absolute atomic E-state index is 6.15. The van der Waals surface area contributed by atoms with E-state index in [0.29, 0.717) is 19.3 Å². The summed E-state index contributed by atoms with van der Waals surface area (Å²) in [5, 5.41) is 0. The zero-order valence-electron chi connectivity index (χ0n) is 12.0. The summed E-state index contributed by atoms with van der Waals surface area (Å²) in [6.45, 7) is 5.29. The minimum Gasteiger partial charge on any atom is -0.490 e. The third-order valence-electron chi connectivity index (χ3n) is 3.60. The summed E-state index contributed by atoms with van der Waals surface area (Å²) in [5.74, 6) is 2.45. The summed E-state index contributed by atoms with van der Waals surface area (Å²) in [6.07, 6.45) is 4.71. The van der Waals surface area contributed by atoms with E-state index in [4.69, 9.17) is 15.2 Å². The molecule has 1 aromatic carbocycles. The summed E-state index contributed by atoms with van der Waals surface area (Å²) < 4.78 is 11.2. The van der Waals surface area contributed by atoms with E-state index in [-0.39, 0.29) is 0 Å². The van der Waals surface area contributed by atoms with Gasteiger partial charge in [-0.2, -0.15) is 0 Å². The Kier molecular flexibility index (Phi) is 5.08. The van der Waals surface area contributed by atoms with Crippen LogP contribution in [0.5, 0.6) is 11.5 Å². The van der Waals surface area contributed by atoms with Crippen molar-refractivity contribution in [1.29, 1.82) is 0 Å². The third-order valence-corrected chi connectivity index (χ3v) is 3.60. The normalized spacial score (nSPS) is 16.2. The Morgan fingerprint density at radius 1 is 1.16 bits per heavy atom. The zero-order chi connectivity index (χ0) is 13.7. The van der Waals surface area contributed by atoms with Crippen molar-refractivity contribution >= 4 is 0 Å². The van der Waals surface area contributed by atoms with Crippen molar-refractivity contribution in [3.63, 3.8) is 0 Å². The van der Waals surface area contributed by atoms with Crippen molar-refractivity contribution < 1.29 is 9.47 Å². The highest BCUT2D eigenvalue weighted by molar-refractivity contribution is 5.43. The fraction of sp³-hybridized carbons (Fsp3) is 0.625. The molecule has 2 rings (SSSR count). The predicted molar refractivity (Wildman–Crippen MR) is 77.8 cm³/mol. The number of benzene rings is 1. The third kappa shape index (κ3) is 4.13. The van der Waals surface area contributed by atoms with Crippen LogP contribution >= 0.6 is 0 Å². The largest absolute Gasteiger partial charge is 0.490 e. The first-order valence-electron chi connectivity index (χ1n) is 7.38. The van der Waals surface area contributed by atoms with E-state index < -0.39 is 0 Å². The lowest BCUT2D eigenvalue weighted by atomic mass is 10.0. The van der Waals surface area contributed by atoms with Crippen molar-refractivity contribution in [1.82, 2.24) is 0 Å². The monoisotopic (exact) mass is 263 g/mol. The van der Waals surface area contributed by atoms with Crippen molar-refractivity contribution in [2.24, 2.45) is 11.7 Å². The molecule has 2 N–H and O–H groups in total. The number of aryl methyl sites for hydroxylation is 1. The lowest BCUT2D eigenvalue weighted by Crippen LogP contribution is -2.22. The topological polar surface area (TPSA) is 44.5 Å². The van der Waals surface area contributed by atoms with E-state index >= 15 is 0 Å². The first kappa shape index (κ1) is 14.2. The van der Waals surface area contributed by atoms with Gasteiger partial charge in [-0.05, 0) is 63.1 Å². The molecule has 1 saturated carbocycles. The molecule has 0 amide bonds. The Bertz CT molecular complexity index is 402. The molecule has 0 aromatic heterocycles. The van der Waals surface area contributed by atoms with Gasteiger partial charge in [0.1, 0.15) is 0 Å². The van der Waals surface area contributed by atoms with E-state index in [0.717, 1.165) is 30.3 Å². The maximum Gasteiger partial charge on any atom is 0.161 e. The number of hydrogen-bond donors (Lipinski definition) is 1. The molecule has 0 heterocycles. The van der Waals surface area contributed by atoms with E-state index in [9.17, 15) is 0 Å². The molecule has 0 bridgehead atoms. The number of rotatable bonds is 8. The second kappa shape index (κ2) is 6.80. The van der Waals surface area contributed by atoms with Crippen LogP contribution in [0, 0.1) is 5.92 Å². The van der Waals surface area contributed by atoms with E-state index in [1.807, 2.05) is 19.9 Å². The van der Waals surface area contributed by atoms with Crippen LogP contribution < -0.4 is 15.2 Å². The van der Waals surface area contributed by atoms with Crippen LogP contribution in [0.15, 0.2) is 18.2 Å². The fourth-order valence-electron chi connectivity index (χ4n) is 2.34. The average molecular weight is 263 g/mol. The second-order valence-corrected chi connectivity index (χ2v) is 5.19. The van der Waals surface area contributed by atoms with E-state index in [2.05, 4.69) is 12.1 Å². The van der Waals surface area contributed by atoms with Crippen LogP contribution in [0.1, 0.15) is 38.7 Å². The lowest BCUT2D eigenvalue weighted by Gasteiger charge is -2.14. The summed E-state index contributed by atoms with van der Waals surface area (Å²) in [6, 6.07) is 6.58. The van der Waals surface area contributed by atoms with E-state index in [1.165, 1.54) is 18.4 Å². The predicted octanol–water partition coefficient (Wildman–Crippen LogP) is 3.15. The van der Waals surface area contributed by atoms with E-state index in [1.54, 1.807) is 0 Å². The number of ether oxygens (including phenoxy) is 2. The molecule has 19 heavy (non-hydrogen) atoms. The van der Waals surface area contributed by atoms with Gasteiger partial charge in [0.15, 0.2) is 11.5 Å². The molecule has 0 aliphatic heterocycles. The highest BCUT2D eigenvalue weighted by Crippen LogP contribution is 2.34. The van der Waals surface area contributed by atoms with Gasteiger partial charge in [-0.3, -0.25) is 0 Å². The smallest absolute Gasteiger partial charge is 0.161 e.